The van der Waals surface area contributed by atoms with Crippen molar-refractivity contribution >= 4 is 5.97 Å². The molecule has 0 aliphatic heterocycles. The molecule has 190 valence electrons. The van der Waals surface area contributed by atoms with Crippen LogP contribution in [-0.4, -0.2) is 39.2 Å². The molecule has 4 aliphatic carbocycles. The number of carbonyl (C=O) groups is 1. The Kier molecular flexibility index (Phi) is 6.43. The van der Waals surface area contributed by atoms with Crippen molar-refractivity contribution in [1.29, 1.82) is 0 Å². The molecule has 0 aromatic heterocycles. The first-order chi connectivity index (χ1) is 15.2. The van der Waals surface area contributed by atoms with Gasteiger partial charge < -0.3 is 15.3 Å². The number of hydrogen-bond donors (Lipinski definition) is 3. The van der Waals surface area contributed by atoms with E-state index < -0.39 is 23.9 Å². The van der Waals surface area contributed by atoms with E-state index in [0.717, 1.165) is 32.1 Å². The lowest BCUT2D eigenvalue weighted by Crippen LogP contribution is -2.62. The highest BCUT2D eigenvalue weighted by molar-refractivity contribution is 5.66. The molecule has 0 bridgehead atoms. The van der Waals surface area contributed by atoms with Crippen LogP contribution >= 0.6 is 0 Å². The second-order valence-corrected chi connectivity index (χ2v) is 12.5. The fourth-order valence-corrected chi connectivity index (χ4v) is 9.22. The van der Waals surface area contributed by atoms with Gasteiger partial charge in [-0.05, 0) is 111 Å². The monoisotopic (exact) mass is 474 g/mol. The van der Waals surface area contributed by atoms with E-state index in [2.05, 4.69) is 20.8 Å². The Labute approximate surface area is 195 Å². The number of halogens is 3. The number of aliphatic hydroxyl groups is 2. The Morgan fingerprint density at radius 3 is 2.36 bits per heavy atom. The number of aliphatic hydroxyl groups excluding tert-OH is 1. The predicted molar refractivity (Wildman–Crippen MR) is 118 cm³/mol. The van der Waals surface area contributed by atoms with Crippen molar-refractivity contribution < 1.29 is 33.3 Å². The largest absolute Gasteiger partial charge is 0.481 e. The lowest BCUT2D eigenvalue weighted by molar-refractivity contribution is -0.294. The zero-order chi connectivity index (χ0) is 24.4. The molecule has 3 N–H and O–H groups in total. The van der Waals surface area contributed by atoms with E-state index in [4.69, 9.17) is 5.11 Å². The number of carboxylic acids is 1. The van der Waals surface area contributed by atoms with Gasteiger partial charge in [-0.15, -0.1) is 0 Å². The summed E-state index contributed by atoms with van der Waals surface area (Å²) in [5.74, 6) is 0.524. The van der Waals surface area contributed by atoms with Crippen LogP contribution in [0.1, 0.15) is 91.4 Å². The van der Waals surface area contributed by atoms with E-state index in [1.54, 1.807) is 0 Å². The maximum atomic E-state index is 13.6. The number of hydrogen-bond acceptors (Lipinski definition) is 3. The molecule has 33 heavy (non-hydrogen) atoms. The Bertz CT molecular complexity index is 756. The zero-order valence-corrected chi connectivity index (χ0v) is 20.2. The molecule has 4 fully saturated rings. The second-order valence-electron chi connectivity index (χ2n) is 12.5. The number of alkyl halides is 3. The minimum atomic E-state index is -4.63. The fourth-order valence-electron chi connectivity index (χ4n) is 9.22. The third kappa shape index (κ3) is 4.03. The van der Waals surface area contributed by atoms with Gasteiger partial charge >= 0.3 is 12.1 Å². The Morgan fingerprint density at radius 1 is 1.06 bits per heavy atom. The van der Waals surface area contributed by atoms with Gasteiger partial charge in [0.25, 0.3) is 0 Å². The lowest BCUT2D eigenvalue weighted by atomic mass is 9.43. The van der Waals surface area contributed by atoms with Gasteiger partial charge in [0.05, 0.1) is 6.10 Å². The molecule has 4 saturated carbocycles. The minimum Gasteiger partial charge on any atom is -0.481 e. The van der Waals surface area contributed by atoms with Gasteiger partial charge in [0, 0.05) is 6.42 Å². The van der Waals surface area contributed by atoms with Gasteiger partial charge in [0.15, 0.2) is 5.60 Å². The highest BCUT2D eigenvalue weighted by Gasteiger charge is 2.66. The van der Waals surface area contributed by atoms with Gasteiger partial charge in [0.1, 0.15) is 0 Å². The Morgan fingerprint density at radius 2 is 1.73 bits per heavy atom. The van der Waals surface area contributed by atoms with Crippen molar-refractivity contribution in [2.24, 2.45) is 46.3 Å². The standard InChI is InChI=1S/C26H41F3O4/c1-15(5-4-6-21(31)32)17-7-8-18-22-19(9-10-24(17,18)3)23(2)11-12-25(33,26(27,28)29)14-16(23)13-20(22)30/h15-20,22,30,33H,4-14H2,1-3H3,(H,31,32)/t15-,16-,17-,18+,19+,20-,22+,23+,24-,25+/m1/s1. The molecule has 0 aromatic carbocycles. The molecule has 7 heteroatoms. The SMILES string of the molecule is C[C@H](CCCC(=O)O)[C@H]1CC[C@H]2[C@@H]3[C@H](O)C[C@@H]4C[C@](O)(C(F)(F)F)CC[C@]4(C)[C@H]3CC[C@]12C. The molecule has 10 atom stereocenters. The summed E-state index contributed by atoms with van der Waals surface area (Å²) in [6.45, 7) is 6.71. The van der Waals surface area contributed by atoms with E-state index in [0.29, 0.717) is 37.0 Å². The summed E-state index contributed by atoms with van der Waals surface area (Å²) >= 11 is 0. The summed E-state index contributed by atoms with van der Waals surface area (Å²) in [6, 6.07) is 0. The fraction of sp³-hybridized carbons (Fsp3) is 0.962. The summed E-state index contributed by atoms with van der Waals surface area (Å²) in [6.07, 6.45) is 0.769. The highest BCUT2D eigenvalue weighted by Crippen LogP contribution is 2.69. The summed E-state index contributed by atoms with van der Waals surface area (Å²) in [7, 11) is 0. The van der Waals surface area contributed by atoms with E-state index in [1.807, 2.05) is 0 Å². The van der Waals surface area contributed by atoms with Crippen LogP contribution in [0.15, 0.2) is 0 Å². The van der Waals surface area contributed by atoms with Gasteiger partial charge in [0.2, 0.25) is 0 Å². The average molecular weight is 475 g/mol. The summed E-state index contributed by atoms with van der Waals surface area (Å²) in [4.78, 5) is 10.9. The quantitative estimate of drug-likeness (QED) is 0.471. The third-order valence-electron chi connectivity index (χ3n) is 11.1. The molecular weight excluding hydrogens is 433 g/mol. The van der Waals surface area contributed by atoms with Gasteiger partial charge in [-0.3, -0.25) is 4.79 Å². The van der Waals surface area contributed by atoms with Gasteiger partial charge in [-0.2, -0.15) is 13.2 Å². The van der Waals surface area contributed by atoms with Crippen LogP contribution in [-0.2, 0) is 4.79 Å². The normalized spacial score (nSPS) is 48.5. The van der Waals surface area contributed by atoms with Crippen LogP contribution in [0.4, 0.5) is 13.2 Å². The second kappa shape index (κ2) is 8.39. The molecule has 4 aliphatic rings. The highest BCUT2D eigenvalue weighted by atomic mass is 19.4. The average Bonchev–Trinajstić information content (AvgIpc) is 3.05. The number of aliphatic carboxylic acids is 1. The minimum absolute atomic E-state index is 0.0926. The van der Waals surface area contributed by atoms with Crippen LogP contribution in [0.3, 0.4) is 0 Å². The predicted octanol–water partition coefficient (Wildman–Crippen LogP) is 5.80. The first-order valence-electron chi connectivity index (χ1n) is 12.9. The molecular formula is C26H41F3O4. The van der Waals surface area contributed by atoms with E-state index in [1.165, 1.54) is 0 Å². The first-order valence-corrected chi connectivity index (χ1v) is 12.9. The maximum Gasteiger partial charge on any atom is 0.417 e. The van der Waals surface area contributed by atoms with E-state index in [9.17, 15) is 28.2 Å². The number of carboxylic acid groups (broad SMARTS) is 1. The van der Waals surface area contributed by atoms with Crippen molar-refractivity contribution in [2.75, 3.05) is 0 Å². The van der Waals surface area contributed by atoms with Gasteiger partial charge in [-0.1, -0.05) is 20.8 Å². The van der Waals surface area contributed by atoms with Crippen LogP contribution in [0.25, 0.3) is 0 Å². The molecule has 4 rings (SSSR count). The third-order valence-corrected chi connectivity index (χ3v) is 11.1. The summed E-state index contributed by atoms with van der Waals surface area (Å²) in [5, 5.41) is 30.7. The van der Waals surface area contributed by atoms with E-state index in [-0.39, 0.29) is 47.8 Å². The molecule has 0 aromatic rings. The molecule has 0 spiro atoms. The molecule has 0 amide bonds. The first kappa shape index (κ1) is 25.3. The van der Waals surface area contributed by atoms with Crippen LogP contribution < -0.4 is 0 Å². The maximum absolute atomic E-state index is 13.6. The van der Waals surface area contributed by atoms with Crippen LogP contribution in [0, 0.1) is 46.3 Å². The van der Waals surface area contributed by atoms with Crippen LogP contribution in [0.2, 0.25) is 0 Å². The van der Waals surface area contributed by atoms with Crippen molar-refractivity contribution in [3.63, 3.8) is 0 Å². The van der Waals surface area contributed by atoms with E-state index >= 15 is 0 Å². The lowest BCUT2D eigenvalue weighted by Gasteiger charge is -2.63. The van der Waals surface area contributed by atoms with Crippen molar-refractivity contribution in [3.05, 3.63) is 0 Å². The molecule has 0 heterocycles. The van der Waals surface area contributed by atoms with Crippen molar-refractivity contribution in [2.45, 2.75) is 109 Å². The van der Waals surface area contributed by atoms with Gasteiger partial charge in [-0.25, -0.2) is 0 Å². The molecule has 4 nitrogen and oxygen atoms in total. The van der Waals surface area contributed by atoms with Crippen LogP contribution in [0.5, 0.6) is 0 Å². The Balaban J connectivity index is 1.52. The molecule has 0 radical (unpaired) electrons. The Hall–Kier alpha value is -0.820. The summed E-state index contributed by atoms with van der Waals surface area (Å²) in [5.41, 5.74) is -2.81. The number of rotatable bonds is 5. The smallest absolute Gasteiger partial charge is 0.417 e. The van der Waals surface area contributed by atoms with Crippen molar-refractivity contribution in [1.82, 2.24) is 0 Å². The topological polar surface area (TPSA) is 77.8 Å². The number of fused-ring (bicyclic) bond motifs is 5. The van der Waals surface area contributed by atoms with Crippen molar-refractivity contribution in [3.8, 4) is 0 Å². The zero-order valence-electron chi connectivity index (χ0n) is 20.2. The summed E-state index contributed by atoms with van der Waals surface area (Å²) < 4.78 is 40.7. The molecule has 0 saturated heterocycles. The molecule has 0 unspecified atom stereocenters.